The minimum Gasteiger partial charge on any atom is -0.377 e. The highest BCUT2D eigenvalue weighted by Gasteiger charge is 2.30. The zero-order valence-corrected chi connectivity index (χ0v) is 8.13. The summed E-state index contributed by atoms with van der Waals surface area (Å²) in [6, 6.07) is 0. The van der Waals surface area contributed by atoms with Crippen LogP contribution in [0.5, 0.6) is 0 Å². The molecule has 0 aromatic carbocycles. The van der Waals surface area contributed by atoms with Crippen LogP contribution in [0.1, 0.15) is 33.1 Å². The third-order valence-electron chi connectivity index (χ3n) is 2.23. The van der Waals surface area contributed by atoms with Crippen molar-refractivity contribution in [1.29, 1.82) is 0 Å². The molecule has 2 atom stereocenters. The van der Waals surface area contributed by atoms with Crippen molar-refractivity contribution < 1.29 is 9.84 Å². The predicted molar refractivity (Wildman–Crippen MR) is 49.8 cm³/mol. The second-order valence-corrected chi connectivity index (χ2v) is 3.19. The lowest BCUT2D eigenvalue weighted by Crippen LogP contribution is -2.40. The van der Waals surface area contributed by atoms with Crippen LogP contribution in [0.2, 0.25) is 0 Å². The number of aliphatic hydroxyl groups excluding tert-OH is 1. The van der Waals surface area contributed by atoms with Crippen molar-refractivity contribution in [3.8, 4) is 12.3 Å². The van der Waals surface area contributed by atoms with Gasteiger partial charge < -0.3 is 9.84 Å². The minimum absolute atomic E-state index is 0.579. The first-order valence-electron chi connectivity index (χ1n) is 4.30. The van der Waals surface area contributed by atoms with Gasteiger partial charge in [-0.25, -0.2) is 0 Å². The van der Waals surface area contributed by atoms with E-state index < -0.39 is 11.7 Å². The van der Waals surface area contributed by atoms with Gasteiger partial charge >= 0.3 is 0 Å². The van der Waals surface area contributed by atoms with E-state index in [-0.39, 0.29) is 0 Å². The summed E-state index contributed by atoms with van der Waals surface area (Å²) in [5.41, 5.74) is -0.579. The summed E-state index contributed by atoms with van der Waals surface area (Å²) in [5.74, 6) is 2.30. The zero-order valence-electron chi connectivity index (χ0n) is 8.13. The number of ether oxygens (including phenoxy) is 1. The molecule has 2 unspecified atom stereocenters. The summed E-state index contributed by atoms with van der Waals surface area (Å²) in [4.78, 5) is 0. The maximum Gasteiger partial charge on any atom is 0.142 e. The van der Waals surface area contributed by atoms with Crippen LogP contribution in [0.25, 0.3) is 0 Å². The molecule has 0 aliphatic rings. The lowest BCUT2D eigenvalue weighted by Gasteiger charge is -2.30. The number of aliphatic hydroxyl groups is 1. The molecule has 12 heavy (non-hydrogen) atoms. The van der Waals surface area contributed by atoms with Crippen LogP contribution in [0.4, 0.5) is 0 Å². The van der Waals surface area contributed by atoms with Gasteiger partial charge in [-0.1, -0.05) is 25.7 Å². The first kappa shape index (κ1) is 11.5. The Bertz CT molecular complexity index is 160. The Balaban J connectivity index is 4.15. The summed E-state index contributed by atoms with van der Waals surface area (Å²) in [6.07, 6.45) is 7.21. The van der Waals surface area contributed by atoms with Crippen LogP contribution in [0.15, 0.2) is 0 Å². The Morgan fingerprint density at radius 2 is 2.25 bits per heavy atom. The molecule has 0 aromatic rings. The van der Waals surface area contributed by atoms with Gasteiger partial charge in [0.25, 0.3) is 0 Å². The second-order valence-electron chi connectivity index (χ2n) is 3.19. The Labute approximate surface area is 74.9 Å². The quantitative estimate of drug-likeness (QED) is 0.635. The van der Waals surface area contributed by atoms with E-state index in [0.717, 1.165) is 19.3 Å². The normalized spacial score (nSPS) is 17.9. The maximum atomic E-state index is 9.44. The molecule has 2 heteroatoms. The highest BCUT2D eigenvalue weighted by Crippen LogP contribution is 2.21. The van der Waals surface area contributed by atoms with Crippen molar-refractivity contribution in [1.82, 2.24) is 0 Å². The van der Waals surface area contributed by atoms with Gasteiger partial charge in [0.05, 0.1) is 0 Å². The summed E-state index contributed by atoms with van der Waals surface area (Å²) < 4.78 is 5.20. The minimum atomic E-state index is -0.811. The van der Waals surface area contributed by atoms with Crippen molar-refractivity contribution in [3.05, 3.63) is 0 Å². The van der Waals surface area contributed by atoms with E-state index in [9.17, 15) is 5.11 Å². The molecule has 0 fully saturated rings. The third-order valence-corrected chi connectivity index (χ3v) is 2.23. The molecule has 2 nitrogen and oxygen atoms in total. The topological polar surface area (TPSA) is 29.5 Å². The van der Waals surface area contributed by atoms with Gasteiger partial charge in [0.15, 0.2) is 0 Å². The molecule has 0 saturated carbocycles. The van der Waals surface area contributed by atoms with Crippen molar-refractivity contribution >= 4 is 0 Å². The van der Waals surface area contributed by atoms with E-state index in [1.807, 2.05) is 6.92 Å². The average molecular weight is 170 g/mol. The number of unbranched alkanes of at least 4 members (excludes halogenated alkanes) is 1. The van der Waals surface area contributed by atoms with Gasteiger partial charge in [0.1, 0.15) is 11.7 Å². The number of rotatable bonds is 5. The summed E-state index contributed by atoms with van der Waals surface area (Å²) in [5, 5.41) is 9.44. The molecule has 0 amide bonds. The molecule has 0 spiro atoms. The lowest BCUT2D eigenvalue weighted by atomic mass is 9.93. The third kappa shape index (κ3) is 2.84. The monoisotopic (exact) mass is 170 g/mol. The van der Waals surface area contributed by atoms with E-state index in [0.29, 0.717) is 0 Å². The number of methoxy groups -OCH3 is 1. The molecule has 0 aliphatic carbocycles. The van der Waals surface area contributed by atoms with E-state index in [2.05, 4.69) is 12.8 Å². The van der Waals surface area contributed by atoms with Crippen LogP contribution >= 0.6 is 0 Å². The Hall–Kier alpha value is -0.520. The number of hydrogen-bond acceptors (Lipinski definition) is 2. The first-order valence-corrected chi connectivity index (χ1v) is 4.30. The fourth-order valence-corrected chi connectivity index (χ4v) is 1.05. The molecule has 0 aromatic heterocycles. The van der Waals surface area contributed by atoms with Gasteiger partial charge in [0, 0.05) is 7.11 Å². The maximum absolute atomic E-state index is 9.44. The van der Waals surface area contributed by atoms with Gasteiger partial charge in [-0.3, -0.25) is 0 Å². The Morgan fingerprint density at radius 1 is 1.67 bits per heavy atom. The van der Waals surface area contributed by atoms with Crippen LogP contribution in [-0.4, -0.2) is 23.9 Å². The standard InChI is InChI=1S/C10H18O2/c1-5-7-8-10(3,12-4)9(11)6-2/h2,9,11H,5,7-8H2,1,3-4H3. The first-order chi connectivity index (χ1) is 5.60. The molecule has 0 heterocycles. The molecule has 0 rings (SSSR count). The summed E-state index contributed by atoms with van der Waals surface area (Å²) in [6.45, 7) is 3.94. The fraction of sp³-hybridized carbons (Fsp3) is 0.800. The average Bonchev–Trinajstić information content (AvgIpc) is 2.12. The zero-order chi connectivity index (χ0) is 9.61. The van der Waals surface area contributed by atoms with Crippen LogP contribution < -0.4 is 0 Å². The Morgan fingerprint density at radius 3 is 2.58 bits per heavy atom. The van der Waals surface area contributed by atoms with Crippen molar-refractivity contribution in [3.63, 3.8) is 0 Å². The highest BCUT2D eigenvalue weighted by atomic mass is 16.5. The van der Waals surface area contributed by atoms with Gasteiger partial charge in [-0.2, -0.15) is 0 Å². The van der Waals surface area contributed by atoms with Crippen LogP contribution in [-0.2, 0) is 4.74 Å². The highest BCUT2D eigenvalue weighted by molar-refractivity contribution is 5.03. The van der Waals surface area contributed by atoms with Gasteiger partial charge in [-0.05, 0) is 13.3 Å². The molecule has 70 valence electrons. The van der Waals surface area contributed by atoms with Gasteiger partial charge in [-0.15, -0.1) is 6.42 Å². The lowest BCUT2D eigenvalue weighted by molar-refractivity contribution is -0.0725. The number of hydrogen-bond donors (Lipinski definition) is 1. The van der Waals surface area contributed by atoms with E-state index in [4.69, 9.17) is 11.2 Å². The molecule has 0 aliphatic heterocycles. The van der Waals surface area contributed by atoms with Crippen molar-refractivity contribution in [2.24, 2.45) is 0 Å². The molecular weight excluding hydrogens is 152 g/mol. The SMILES string of the molecule is C#CC(O)C(C)(CCCC)OC. The predicted octanol–water partition coefficient (Wildman–Crippen LogP) is 1.58. The van der Waals surface area contributed by atoms with Crippen molar-refractivity contribution in [2.45, 2.75) is 44.8 Å². The fourth-order valence-electron chi connectivity index (χ4n) is 1.05. The van der Waals surface area contributed by atoms with E-state index in [1.54, 1.807) is 7.11 Å². The number of terminal acetylenes is 1. The van der Waals surface area contributed by atoms with Gasteiger partial charge in [0.2, 0.25) is 0 Å². The Kier molecular flexibility index (Phi) is 4.96. The smallest absolute Gasteiger partial charge is 0.142 e. The molecule has 0 bridgehead atoms. The van der Waals surface area contributed by atoms with Crippen molar-refractivity contribution in [2.75, 3.05) is 7.11 Å². The molecule has 1 N–H and O–H groups in total. The molecule has 0 radical (unpaired) electrons. The molecular formula is C10H18O2. The summed E-state index contributed by atoms with van der Waals surface area (Å²) >= 11 is 0. The molecule has 0 saturated heterocycles. The van der Waals surface area contributed by atoms with Crippen LogP contribution in [0, 0.1) is 12.3 Å². The largest absolute Gasteiger partial charge is 0.377 e. The summed E-state index contributed by atoms with van der Waals surface area (Å²) in [7, 11) is 1.58. The second kappa shape index (κ2) is 5.18. The van der Waals surface area contributed by atoms with E-state index >= 15 is 0 Å². The van der Waals surface area contributed by atoms with Crippen LogP contribution in [0.3, 0.4) is 0 Å². The van der Waals surface area contributed by atoms with E-state index in [1.165, 1.54) is 0 Å².